The predicted molar refractivity (Wildman–Crippen MR) is 90.1 cm³/mol. The van der Waals surface area contributed by atoms with Crippen molar-refractivity contribution in [2.45, 2.75) is 37.4 Å². The van der Waals surface area contributed by atoms with Crippen LogP contribution in [0, 0.1) is 17.8 Å². The molecule has 9 heteroatoms. The lowest BCUT2D eigenvalue weighted by Gasteiger charge is -2.42. The molecule has 9 nitrogen and oxygen atoms in total. The molecule has 0 aromatic heterocycles. The van der Waals surface area contributed by atoms with Gasteiger partial charge in [-0.05, 0) is 32.9 Å². The lowest BCUT2D eigenvalue weighted by molar-refractivity contribution is -0.150. The predicted octanol–water partition coefficient (Wildman–Crippen LogP) is -1.55. The van der Waals surface area contributed by atoms with Gasteiger partial charge in [0.05, 0.1) is 11.8 Å². The summed E-state index contributed by atoms with van der Waals surface area (Å²) in [5.41, 5.74) is 0. The third-order valence-corrected chi connectivity index (χ3v) is 5.50. The third kappa shape index (κ3) is 4.47. The largest absolute Gasteiger partial charge is 0.481 e. The number of hydrogen-bond acceptors (Lipinski definition) is 6. The van der Waals surface area contributed by atoms with Crippen LogP contribution >= 0.6 is 0 Å². The monoisotopic (exact) mass is 356 g/mol. The molecule has 6 N–H and O–H groups in total. The van der Waals surface area contributed by atoms with E-state index in [1.54, 1.807) is 14.1 Å². The van der Waals surface area contributed by atoms with Crippen molar-refractivity contribution >= 4 is 17.8 Å². The topological polar surface area (TPSA) is 140 Å². The number of carbonyl (C=O) groups is 3. The van der Waals surface area contributed by atoms with Crippen LogP contribution in [-0.4, -0.2) is 73.4 Å². The summed E-state index contributed by atoms with van der Waals surface area (Å²) in [6, 6.07) is -0.189. The van der Waals surface area contributed by atoms with Crippen molar-refractivity contribution in [1.82, 2.24) is 21.3 Å². The van der Waals surface area contributed by atoms with Gasteiger partial charge >= 0.3 is 11.9 Å². The Hall–Kier alpha value is -1.71. The number of amides is 1. The van der Waals surface area contributed by atoms with Crippen molar-refractivity contribution < 1.29 is 24.6 Å². The maximum atomic E-state index is 11.9. The summed E-state index contributed by atoms with van der Waals surface area (Å²) >= 11 is 0. The Morgan fingerprint density at radius 3 is 2.08 bits per heavy atom. The van der Waals surface area contributed by atoms with Gasteiger partial charge in [0.15, 0.2) is 0 Å². The van der Waals surface area contributed by atoms with E-state index in [9.17, 15) is 24.6 Å². The van der Waals surface area contributed by atoms with E-state index in [0.717, 1.165) is 12.8 Å². The summed E-state index contributed by atoms with van der Waals surface area (Å²) in [4.78, 5) is 34.3. The fourth-order valence-corrected chi connectivity index (χ4v) is 3.84. The van der Waals surface area contributed by atoms with E-state index in [0.29, 0.717) is 13.1 Å². The van der Waals surface area contributed by atoms with Crippen LogP contribution in [0.5, 0.6) is 0 Å². The lowest BCUT2D eigenvalue weighted by atomic mass is 9.69. The second kappa shape index (κ2) is 8.59. The van der Waals surface area contributed by atoms with E-state index in [2.05, 4.69) is 21.3 Å². The van der Waals surface area contributed by atoms with Crippen LogP contribution in [-0.2, 0) is 14.4 Å². The normalized spacial score (nSPS) is 33.8. The Bertz CT molecular complexity index is 515. The van der Waals surface area contributed by atoms with Crippen molar-refractivity contribution in [3.05, 3.63) is 0 Å². The summed E-state index contributed by atoms with van der Waals surface area (Å²) < 4.78 is 0. The Morgan fingerprint density at radius 2 is 1.52 bits per heavy atom. The molecule has 1 amide bonds. The molecule has 2 fully saturated rings. The van der Waals surface area contributed by atoms with Gasteiger partial charge in [0.2, 0.25) is 5.91 Å². The molecule has 2 rings (SSSR count). The molecule has 0 spiro atoms. The highest BCUT2D eigenvalue weighted by Gasteiger charge is 2.45. The summed E-state index contributed by atoms with van der Waals surface area (Å²) in [6.45, 7) is 0.764. The zero-order valence-corrected chi connectivity index (χ0v) is 14.6. The summed E-state index contributed by atoms with van der Waals surface area (Å²) in [5.74, 6) is -2.81. The minimum Gasteiger partial charge on any atom is -0.481 e. The molecular weight excluding hydrogens is 328 g/mol. The Kier molecular flexibility index (Phi) is 6.74. The van der Waals surface area contributed by atoms with Gasteiger partial charge in [-0.3, -0.25) is 14.4 Å². The minimum absolute atomic E-state index is 0.0319. The molecule has 2 saturated carbocycles. The molecule has 0 saturated heterocycles. The van der Waals surface area contributed by atoms with Crippen molar-refractivity contribution in [3.8, 4) is 0 Å². The molecule has 2 aliphatic rings. The van der Waals surface area contributed by atoms with Gasteiger partial charge in [-0.1, -0.05) is 0 Å². The molecule has 0 aromatic rings. The van der Waals surface area contributed by atoms with Crippen LogP contribution in [0.3, 0.4) is 0 Å². The Morgan fingerprint density at radius 1 is 0.920 bits per heavy atom. The maximum absolute atomic E-state index is 11.9. The second-order valence-electron chi connectivity index (χ2n) is 6.86. The lowest BCUT2D eigenvalue weighted by Crippen LogP contribution is -2.61. The zero-order chi connectivity index (χ0) is 18.6. The zero-order valence-electron chi connectivity index (χ0n) is 14.6. The molecule has 0 heterocycles. The number of nitrogens with one attached hydrogen (secondary N) is 4. The SMILES string of the molecule is CNC1CC(CNC(=O)CCNC2CC(NC)C2C(=O)O)C1C(=O)O. The van der Waals surface area contributed by atoms with Gasteiger partial charge in [-0.2, -0.15) is 0 Å². The fourth-order valence-electron chi connectivity index (χ4n) is 3.84. The van der Waals surface area contributed by atoms with E-state index >= 15 is 0 Å². The molecule has 0 aromatic carbocycles. The number of aliphatic carboxylic acids is 2. The highest BCUT2D eigenvalue weighted by Crippen LogP contribution is 2.34. The van der Waals surface area contributed by atoms with Crippen LogP contribution < -0.4 is 21.3 Å². The second-order valence-corrected chi connectivity index (χ2v) is 6.86. The first kappa shape index (κ1) is 19.6. The number of carboxylic acids is 2. The number of carboxylic acid groups (broad SMARTS) is 2. The Balaban J connectivity index is 1.63. The molecule has 2 aliphatic carbocycles. The number of hydrogen-bond donors (Lipinski definition) is 6. The van der Waals surface area contributed by atoms with E-state index in [1.807, 2.05) is 0 Å². The summed E-state index contributed by atoms with van der Waals surface area (Å²) in [6.07, 6.45) is 1.70. The van der Waals surface area contributed by atoms with Crippen molar-refractivity contribution in [1.29, 1.82) is 0 Å². The first-order valence-corrected chi connectivity index (χ1v) is 8.69. The fraction of sp³-hybridized carbons (Fsp3) is 0.812. The van der Waals surface area contributed by atoms with Crippen molar-refractivity contribution in [3.63, 3.8) is 0 Å². The van der Waals surface area contributed by atoms with E-state index in [-0.39, 0.29) is 36.4 Å². The average molecular weight is 356 g/mol. The average Bonchev–Trinajstić information content (AvgIpc) is 2.47. The van der Waals surface area contributed by atoms with Gasteiger partial charge in [0.25, 0.3) is 0 Å². The molecule has 142 valence electrons. The van der Waals surface area contributed by atoms with Gasteiger partial charge in [0.1, 0.15) is 0 Å². The van der Waals surface area contributed by atoms with Crippen molar-refractivity contribution in [2.24, 2.45) is 17.8 Å². The van der Waals surface area contributed by atoms with Gasteiger partial charge in [0, 0.05) is 37.6 Å². The quantitative estimate of drug-likeness (QED) is 0.277. The van der Waals surface area contributed by atoms with E-state index in [4.69, 9.17) is 0 Å². The van der Waals surface area contributed by atoms with Crippen LogP contribution in [0.1, 0.15) is 19.3 Å². The van der Waals surface area contributed by atoms with Gasteiger partial charge < -0.3 is 31.5 Å². The molecule has 0 bridgehead atoms. The summed E-state index contributed by atoms with van der Waals surface area (Å²) in [5, 5.41) is 30.2. The standard InChI is InChI=1S/C16H28N4O5/c1-17-9-5-8(13(9)15(22)23)7-20-12(21)3-4-19-11-6-10(18-2)14(11)16(24)25/h8-11,13-14,17-19H,3-7H2,1-2H3,(H,20,21)(H,22,23)(H,24,25). The van der Waals surface area contributed by atoms with Crippen LogP contribution in [0.2, 0.25) is 0 Å². The van der Waals surface area contributed by atoms with Gasteiger partial charge in [-0.25, -0.2) is 0 Å². The number of carbonyl (C=O) groups excluding carboxylic acids is 1. The molecule has 25 heavy (non-hydrogen) atoms. The maximum Gasteiger partial charge on any atom is 0.309 e. The van der Waals surface area contributed by atoms with Crippen molar-refractivity contribution in [2.75, 3.05) is 27.2 Å². The minimum atomic E-state index is -0.838. The first-order valence-electron chi connectivity index (χ1n) is 8.69. The molecule has 0 aliphatic heterocycles. The highest BCUT2D eigenvalue weighted by molar-refractivity contribution is 5.77. The van der Waals surface area contributed by atoms with E-state index < -0.39 is 23.8 Å². The Labute approximate surface area is 146 Å². The van der Waals surface area contributed by atoms with Crippen LogP contribution in [0.4, 0.5) is 0 Å². The molecule has 0 radical (unpaired) electrons. The first-order chi connectivity index (χ1) is 11.9. The summed E-state index contributed by atoms with van der Waals surface area (Å²) in [7, 11) is 3.48. The van der Waals surface area contributed by atoms with E-state index in [1.165, 1.54) is 0 Å². The van der Waals surface area contributed by atoms with Gasteiger partial charge in [-0.15, -0.1) is 0 Å². The number of rotatable bonds is 10. The highest BCUT2D eigenvalue weighted by atomic mass is 16.4. The third-order valence-electron chi connectivity index (χ3n) is 5.50. The molecular formula is C16H28N4O5. The molecule has 6 unspecified atom stereocenters. The van der Waals surface area contributed by atoms with Crippen LogP contribution in [0.25, 0.3) is 0 Å². The van der Waals surface area contributed by atoms with Crippen LogP contribution in [0.15, 0.2) is 0 Å². The molecule has 6 atom stereocenters. The smallest absolute Gasteiger partial charge is 0.309 e.